The summed E-state index contributed by atoms with van der Waals surface area (Å²) >= 11 is 0. The van der Waals surface area contributed by atoms with Gasteiger partial charge in [0, 0.05) is 6.04 Å². The zero-order chi connectivity index (χ0) is 14.0. The van der Waals surface area contributed by atoms with Crippen molar-refractivity contribution in [2.45, 2.75) is 26.8 Å². The summed E-state index contributed by atoms with van der Waals surface area (Å²) in [6, 6.07) is 13.0. The second-order valence-corrected chi connectivity index (χ2v) is 5.78. The summed E-state index contributed by atoms with van der Waals surface area (Å²) in [6.45, 7) is 7.11. The van der Waals surface area contributed by atoms with Crippen LogP contribution in [0.4, 0.5) is 0 Å². The fourth-order valence-corrected chi connectivity index (χ4v) is 2.67. The van der Waals surface area contributed by atoms with Crippen LogP contribution in [0.3, 0.4) is 0 Å². The maximum absolute atomic E-state index is 6.39. The van der Waals surface area contributed by atoms with Gasteiger partial charge >= 0.3 is 0 Å². The highest BCUT2D eigenvalue weighted by Crippen LogP contribution is 2.28. The average molecular weight is 256 g/mol. The summed E-state index contributed by atoms with van der Waals surface area (Å²) in [5.74, 6) is 0.816. The van der Waals surface area contributed by atoms with Gasteiger partial charge in [0.25, 0.3) is 0 Å². The molecule has 0 aliphatic carbocycles. The summed E-state index contributed by atoms with van der Waals surface area (Å²) in [4.78, 5) is 0. The number of benzene rings is 2. The molecule has 2 nitrogen and oxygen atoms in total. The molecular formula is C17H24N2. The molecule has 0 heterocycles. The summed E-state index contributed by atoms with van der Waals surface area (Å²) in [5.41, 5.74) is 14.7. The van der Waals surface area contributed by atoms with Gasteiger partial charge < -0.3 is 11.5 Å². The fourth-order valence-electron chi connectivity index (χ4n) is 2.67. The summed E-state index contributed by atoms with van der Waals surface area (Å²) in [6.07, 6.45) is 0. The van der Waals surface area contributed by atoms with E-state index in [1.165, 1.54) is 21.9 Å². The summed E-state index contributed by atoms with van der Waals surface area (Å²) in [5, 5.41) is 2.52. The van der Waals surface area contributed by atoms with E-state index in [1.807, 2.05) is 0 Å². The lowest BCUT2D eigenvalue weighted by molar-refractivity contribution is 0.331. The minimum Gasteiger partial charge on any atom is -0.330 e. The van der Waals surface area contributed by atoms with Gasteiger partial charge in [0.1, 0.15) is 0 Å². The van der Waals surface area contributed by atoms with E-state index in [2.05, 4.69) is 57.2 Å². The third kappa shape index (κ3) is 2.96. The summed E-state index contributed by atoms with van der Waals surface area (Å²) in [7, 11) is 0. The molecule has 0 radical (unpaired) electrons. The first-order valence-electron chi connectivity index (χ1n) is 6.99. The Hall–Kier alpha value is -1.38. The van der Waals surface area contributed by atoms with Crippen LogP contribution < -0.4 is 11.5 Å². The Kier molecular flexibility index (Phi) is 4.23. The molecule has 0 fully saturated rings. The second kappa shape index (κ2) is 5.72. The van der Waals surface area contributed by atoms with E-state index in [0.717, 1.165) is 0 Å². The Morgan fingerprint density at radius 1 is 1.00 bits per heavy atom. The van der Waals surface area contributed by atoms with Crippen LogP contribution in [0.5, 0.6) is 0 Å². The molecule has 2 aromatic rings. The minimum atomic E-state index is 0.00991. The molecule has 102 valence electrons. The molecule has 0 amide bonds. The monoisotopic (exact) mass is 256 g/mol. The third-order valence-electron chi connectivity index (χ3n) is 3.99. The van der Waals surface area contributed by atoms with Crippen LogP contribution in [-0.2, 0) is 0 Å². The van der Waals surface area contributed by atoms with Crippen molar-refractivity contribution in [1.29, 1.82) is 0 Å². The van der Waals surface area contributed by atoms with Crippen LogP contribution in [0.2, 0.25) is 0 Å². The highest BCUT2D eigenvalue weighted by Gasteiger charge is 2.21. The summed E-state index contributed by atoms with van der Waals surface area (Å²) < 4.78 is 0. The van der Waals surface area contributed by atoms with Gasteiger partial charge in [0.05, 0.1) is 0 Å². The predicted molar refractivity (Wildman–Crippen MR) is 83.0 cm³/mol. The molecule has 0 bridgehead atoms. The van der Waals surface area contributed by atoms with E-state index < -0.39 is 0 Å². The number of hydrogen-bond acceptors (Lipinski definition) is 2. The topological polar surface area (TPSA) is 52.0 Å². The van der Waals surface area contributed by atoms with Crippen molar-refractivity contribution in [3.05, 3.63) is 47.5 Å². The molecule has 0 aliphatic heterocycles. The fraction of sp³-hybridized carbons (Fsp3) is 0.412. The van der Waals surface area contributed by atoms with Gasteiger partial charge in [-0.1, -0.05) is 49.7 Å². The van der Waals surface area contributed by atoms with Gasteiger partial charge in [-0.25, -0.2) is 0 Å². The molecule has 4 N–H and O–H groups in total. The normalized spacial score (nSPS) is 14.8. The molecule has 0 aliphatic rings. The smallest absolute Gasteiger partial charge is 0.0338 e. The Balaban J connectivity index is 2.37. The Morgan fingerprint density at radius 2 is 1.63 bits per heavy atom. The van der Waals surface area contributed by atoms with Gasteiger partial charge in [0.2, 0.25) is 0 Å². The first-order valence-corrected chi connectivity index (χ1v) is 6.99. The Morgan fingerprint density at radius 3 is 2.26 bits per heavy atom. The average Bonchev–Trinajstić information content (AvgIpc) is 2.38. The zero-order valence-corrected chi connectivity index (χ0v) is 12.1. The molecule has 2 rings (SSSR count). The minimum absolute atomic E-state index is 0.00991. The van der Waals surface area contributed by atoms with Crippen molar-refractivity contribution < 1.29 is 0 Å². The van der Waals surface area contributed by atoms with Crippen LogP contribution in [0, 0.1) is 18.8 Å². The van der Waals surface area contributed by atoms with E-state index in [9.17, 15) is 0 Å². The standard InChI is InChI=1S/C17H24N2/c1-11(2)16(10-18)17(19)15-7-6-13-8-12(3)4-5-14(13)9-15/h4-9,11,16-17H,10,18-19H2,1-3H3. The molecular weight excluding hydrogens is 232 g/mol. The highest BCUT2D eigenvalue weighted by atomic mass is 14.7. The van der Waals surface area contributed by atoms with Crippen molar-refractivity contribution in [2.24, 2.45) is 23.3 Å². The van der Waals surface area contributed by atoms with Gasteiger partial charge in [-0.2, -0.15) is 0 Å². The van der Waals surface area contributed by atoms with E-state index in [1.54, 1.807) is 0 Å². The first kappa shape index (κ1) is 14.0. The molecule has 0 aromatic heterocycles. The van der Waals surface area contributed by atoms with Crippen molar-refractivity contribution >= 4 is 10.8 Å². The van der Waals surface area contributed by atoms with Crippen molar-refractivity contribution in [1.82, 2.24) is 0 Å². The van der Waals surface area contributed by atoms with Crippen LogP contribution in [0.15, 0.2) is 36.4 Å². The highest BCUT2D eigenvalue weighted by molar-refractivity contribution is 5.83. The molecule has 2 aromatic carbocycles. The molecule has 2 atom stereocenters. The van der Waals surface area contributed by atoms with E-state index in [0.29, 0.717) is 18.4 Å². The van der Waals surface area contributed by atoms with Crippen LogP contribution in [-0.4, -0.2) is 6.54 Å². The Bertz CT molecular complexity index is 560. The number of rotatable bonds is 4. The molecule has 2 heteroatoms. The van der Waals surface area contributed by atoms with E-state index in [4.69, 9.17) is 11.5 Å². The van der Waals surface area contributed by atoms with Crippen LogP contribution in [0.1, 0.15) is 31.0 Å². The predicted octanol–water partition coefficient (Wildman–Crippen LogP) is 3.38. The maximum Gasteiger partial charge on any atom is 0.0338 e. The van der Waals surface area contributed by atoms with Crippen molar-refractivity contribution in [3.8, 4) is 0 Å². The molecule has 0 spiro atoms. The number of nitrogens with two attached hydrogens (primary N) is 2. The maximum atomic E-state index is 6.39. The number of fused-ring (bicyclic) bond motifs is 1. The van der Waals surface area contributed by atoms with Crippen LogP contribution >= 0.6 is 0 Å². The lowest BCUT2D eigenvalue weighted by Gasteiger charge is -2.26. The number of aryl methyl sites for hydroxylation is 1. The lowest BCUT2D eigenvalue weighted by Crippen LogP contribution is -2.31. The first-order chi connectivity index (χ1) is 9.02. The zero-order valence-electron chi connectivity index (χ0n) is 12.1. The molecule has 0 saturated heterocycles. The van der Waals surface area contributed by atoms with Crippen molar-refractivity contribution in [3.63, 3.8) is 0 Å². The van der Waals surface area contributed by atoms with E-state index >= 15 is 0 Å². The van der Waals surface area contributed by atoms with Crippen LogP contribution in [0.25, 0.3) is 10.8 Å². The molecule has 2 unspecified atom stereocenters. The Labute approximate surface area is 115 Å². The number of hydrogen-bond donors (Lipinski definition) is 2. The van der Waals surface area contributed by atoms with E-state index in [-0.39, 0.29) is 6.04 Å². The third-order valence-corrected chi connectivity index (χ3v) is 3.99. The quantitative estimate of drug-likeness (QED) is 0.881. The van der Waals surface area contributed by atoms with Gasteiger partial charge in [0.15, 0.2) is 0 Å². The van der Waals surface area contributed by atoms with Gasteiger partial charge in [-0.05, 0) is 47.7 Å². The second-order valence-electron chi connectivity index (χ2n) is 5.78. The SMILES string of the molecule is Cc1ccc2cc(C(N)C(CN)C(C)C)ccc2c1. The van der Waals surface area contributed by atoms with Gasteiger partial charge in [-0.15, -0.1) is 0 Å². The molecule has 0 saturated carbocycles. The van der Waals surface area contributed by atoms with Crippen molar-refractivity contribution in [2.75, 3.05) is 6.54 Å². The van der Waals surface area contributed by atoms with Gasteiger partial charge in [-0.3, -0.25) is 0 Å². The lowest BCUT2D eigenvalue weighted by atomic mass is 9.84. The largest absolute Gasteiger partial charge is 0.330 e. The molecule has 19 heavy (non-hydrogen) atoms.